The van der Waals surface area contributed by atoms with E-state index in [0.29, 0.717) is 24.2 Å². The van der Waals surface area contributed by atoms with E-state index >= 15 is 0 Å². The third-order valence-corrected chi connectivity index (χ3v) is 3.46. The van der Waals surface area contributed by atoms with Crippen molar-refractivity contribution in [2.45, 2.75) is 19.8 Å². The third kappa shape index (κ3) is 2.70. The molecule has 0 fully saturated rings. The number of nitriles is 1. The standard InChI is InChI=1S/C15H16FNO/c1-11-5-2-3-6-12(11)10-18-15-8-4-7-14(16)13(15)9-17/h2-4,7-8,11-12H,5-6,10H2,1H3. The second kappa shape index (κ2) is 5.68. The van der Waals surface area contributed by atoms with Crippen LogP contribution in [0.15, 0.2) is 30.4 Å². The van der Waals surface area contributed by atoms with Gasteiger partial charge < -0.3 is 4.74 Å². The molecule has 3 heteroatoms. The zero-order chi connectivity index (χ0) is 13.0. The summed E-state index contributed by atoms with van der Waals surface area (Å²) in [7, 11) is 0. The lowest BCUT2D eigenvalue weighted by Gasteiger charge is -2.25. The molecule has 0 aliphatic heterocycles. The molecule has 2 unspecified atom stereocenters. The van der Waals surface area contributed by atoms with Gasteiger partial charge in [0.15, 0.2) is 0 Å². The highest BCUT2D eigenvalue weighted by Crippen LogP contribution is 2.27. The van der Waals surface area contributed by atoms with Crippen molar-refractivity contribution in [3.63, 3.8) is 0 Å². The Kier molecular flexibility index (Phi) is 3.99. The maximum atomic E-state index is 13.4. The van der Waals surface area contributed by atoms with Crippen LogP contribution in [0.3, 0.4) is 0 Å². The highest BCUT2D eigenvalue weighted by atomic mass is 19.1. The first kappa shape index (κ1) is 12.6. The minimum atomic E-state index is -0.522. The second-order valence-corrected chi connectivity index (χ2v) is 4.72. The number of hydrogen-bond acceptors (Lipinski definition) is 2. The molecule has 2 nitrogen and oxygen atoms in total. The zero-order valence-electron chi connectivity index (χ0n) is 10.4. The normalized spacial score (nSPS) is 22.5. The van der Waals surface area contributed by atoms with Gasteiger partial charge in [0.05, 0.1) is 6.61 Å². The van der Waals surface area contributed by atoms with E-state index in [4.69, 9.17) is 10.00 Å². The minimum absolute atomic E-state index is 0.00324. The van der Waals surface area contributed by atoms with Crippen LogP contribution in [0.2, 0.25) is 0 Å². The smallest absolute Gasteiger partial charge is 0.144 e. The van der Waals surface area contributed by atoms with Crippen molar-refractivity contribution in [1.82, 2.24) is 0 Å². The topological polar surface area (TPSA) is 33.0 Å². The van der Waals surface area contributed by atoms with Crippen LogP contribution in [0.1, 0.15) is 25.3 Å². The van der Waals surface area contributed by atoms with Crippen LogP contribution in [-0.4, -0.2) is 6.61 Å². The lowest BCUT2D eigenvalue weighted by atomic mass is 9.85. The first-order valence-electron chi connectivity index (χ1n) is 6.18. The first-order valence-corrected chi connectivity index (χ1v) is 6.18. The van der Waals surface area contributed by atoms with Crippen LogP contribution >= 0.6 is 0 Å². The van der Waals surface area contributed by atoms with Gasteiger partial charge in [-0.3, -0.25) is 0 Å². The number of hydrogen-bond donors (Lipinski definition) is 0. The van der Waals surface area contributed by atoms with E-state index in [-0.39, 0.29) is 5.56 Å². The molecule has 1 aliphatic carbocycles. The van der Waals surface area contributed by atoms with Gasteiger partial charge in [-0.1, -0.05) is 25.1 Å². The minimum Gasteiger partial charge on any atom is -0.492 e. The number of ether oxygens (including phenoxy) is 1. The summed E-state index contributed by atoms with van der Waals surface area (Å²) < 4.78 is 19.0. The highest BCUT2D eigenvalue weighted by molar-refractivity contribution is 5.43. The zero-order valence-corrected chi connectivity index (χ0v) is 10.4. The molecule has 0 amide bonds. The molecule has 2 atom stereocenters. The fraction of sp³-hybridized carbons (Fsp3) is 0.400. The van der Waals surface area contributed by atoms with Crippen LogP contribution in [-0.2, 0) is 0 Å². The fourth-order valence-corrected chi connectivity index (χ4v) is 2.17. The Labute approximate surface area is 107 Å². The summed E-state index contributed by atoms with van der Waals surface area (Å²) in [6.07, 6.45) is 6.38. The number of benzene rings is 1. The Balaban J connectivity index is 2.05. The largest absolute Gasteiger partial charge is 0.492 e. The maximum Gasteiger partial charge on any atom is 0.144 e. The van der Waals surface area contributed by atoms with E-state index in [1.807, 2.05) is 6.07 Å². The molecule has 0 heterocycles. The van der Waals surface area contributed by atoms with Crippen LogP contribution in [0.4, 0.5) is 4.39 Å². The van der Waals surface area contributed by atoms with Crippen molar-refractivity contribution in [1.29, 1.82) is 5.26 Å². The van der Waals surface area contributed by atoms with E-state index in [1.54, 1.807) is 12.1 Å². The monoisotopic (exact) mass is 245 g/mol. The average Bonchev–Trinajstić information content (AvgIpc) is 2.38. The maximum absolute atomic E-state index is 13.4. The van der Waals surface area contributed by atoms with Gasteiger partial charge in [0.1, 0.15) is 23.2 Å². The predicted octanol–water partition coefficient (Wildman–Crippen LogP) is 3.68. The summed E-state index contributed by atoms with van der Waals surface area (Å²) in [6, 6.07) is 6.33. The Bertz CT molecular complexity index is 490. The molecule has 0 saturated carbocycles. The molecule has 1 aliphatic rings. The summed E-state index contributed by atoms with van der Waals surface area (Å²) >= 11 is 0. The number of nitrogens with zero attached hydrogens (tertiary/aromatic N) is 1. The van der Waals surface area contributed by atoms with Crippen molar-refractivity contribution < 1.29 is 9.13 Å². The van der Waals surface area contributed by atoms with E-state index in [9.17, 15) is 4.39 Å². The Hall–Kier alpha value is -1.82. The van der Waals surface area contributed by atoms with Gasteiger partial charge in [0.25, 0.3) is 0 Å². The summed E-state index contributed by atoms with van der Waals surface area (Å²) in [6.45, 7) is 2.72. The van der Waals surface area contributed by atoms with E-state index in [2.05, 4.69) is 19.1 Å². The van der Waals surface area contributed by atoms with Gasteiger partial charge in [-0.05, 0) is 36.8 Å². The number of halogens is 1. The molecule has 0 radical (unpaired) electrons. The van der Waals surface area contributed by atoms with Crippen LogP contribution in [0.25, 0.3) is 0 Å². The predicted molar refractivity (Wildman–Crippen MR) is 67.6 cm³/mol. The van der Waals surface area contributed by atoms with Gasteiger partial charge in [0.2, 0.25) is 0 Å². The second-order valence-electron chi connectivity index (χ2n) is 4.72. The fourth-order valence-electron chi connectivity index (χ4n) is 2.17. The van der Waals surface area contributed by atoms with Crippen molar-refractivity contribution in [2.75, 3.05) is 6.61 Å². The lowest BCUT2D eigenvalue weighted by Crippen LogP contribution is -2.21. The molecular weight excluding hydrogens is 229 g/mol. The molecule has 1 aromatic carbocycles. The summed E-state index contributed by atoms with van der Waals surface area (Å²) in [4.78, 5) is 0. The van der Waals surface area contributed by atoms with Gasteiger partial charge in [-0.2, -0.15) is 5.26 Å². The van der Waals surface area contributed by atoms with Crippen molar-refractivity contribution >= 4 is 0 Å². The van der Waals surface area contributed by atoms with E-state index in [1.165, 1.54) is 6.07 Å². The van der Waals surface area contributed by atoms with E-state index < -0.39 is 5.82 Å². The third-order valence-electron chi connectivity index (χ3n) is 3.46. The Morgan fingerprint density at radius 3 is 2.89 bits per heavy atom. The molecular formula is C15H16FNO. The van der Waals surface area contributed by atoms with Gasteiger partial charge in [-0.25, -0.2) is 4.39 Å². The molecule has 18 heavy (non-hydrogen) atoms. The molecule has 0 bridgehead atoms. The Morgan fingerprint density at radius 1 is 1.39 bits per heavy atom. The van der Waals surface area contributed by atoms with E-state index in [0.717, 1.165) is 12.8 Å². The summed E-state index contributed by atoms with van der Waals surface area (Å²) in [5, 5.41) is 8.91. The first-order chi connectivity index (χ1) is 8.72. The molecule has 1 aromatic rings. The quantitative estimate of drug-likeness (QED) is 0.761. The van der Waals surface area contributed by atoms with Gasteiger partial charge in [0, 0.05) is 0 Å². The number of rotatable bonds is 3. The molecule has 0 N–H and O–H groups in total. The van der Waals surface area contributed by atoms with Crippen LogP contribution < -0.4 is 4.74 Å². The summed E-state index contributed by atoms with van der Waals surface area (Å²) in [5.74, 6) is 0.824. The SMILES string of the molecule is CC1CC=CCC1COc1cccc(F)c1C#N. The molecule has 2 rings (SSSR count). The summed E-state index contributed by atoms with van der Waals surface area (Å²) in [5.41, 5.74) is -0.00324. The molecule has 94 valence electrons. The van der Waals surface area contributed by atoms with Crippen LogP contribution in [0.5, 0.6) is 5.75 Å². The molecule has 0 aromatic heterocycles. The van der Waals surface area contributed by atoms with Crippen LogP contribution in [0, 0.1) is 29.0 Å². The van der Waals surface area contributed by atoms with Gasteiger partial charge in [-0.15, -0.1) is 0 Å². The average molecular weight is 245 g/mol. The highest BCUT2D eigenvalue weighted by Gasteiger charge is 2.19. The number of allylic oxidation sites excluding steroid dienone is 2. The Morgan fingerprint density at radius 2 is 2.17 bits per heavy atom. The van der Waals surface area contributed by atoms with Crippen molar-refractivity contribution in [3.05, 3.63) is 41.7 Å². The molecule has 0 saturated heterocycles. The molecule has 0 spiro atoms. The van der Waals surface area contributed by atoms with Gasteiger partial charge >= 0.3 is 0 Å². The lowest BCUT2D eigenvalue weighted by molar-refractivity contribution is 0.197. The van der Waals surface area contributed by atoms with Crippen molar-refractivity contribution in [3.8, 4) is 11.8 Å². The van der Waals surface area contributed by atoms with Crippen molar-refractivity contribution in [2.24, 2.45) is 11.8 Å².